The molecule has 0 spiro atoms. The van der Waals surface area contributed by atoms with Crippen molar-refractivity contribution in [3.8, 4) is 0 Å². The smallest absolute Gasteiger partial charge is 0.320 e. The number of hydrogen-bond donors (Lipinski definition) is 0. The van der Waals surface area contributed by atoms with Gasteiger partial charge in [-0.05, 0) is 65.7 Å². The van der Waals surface area contributed by atoms with Gasteiger partial charge in [0.25, 0.3) is 0 Å². The average molecular weight is 397 g/mol. The lowest BCUT2D eigenvalue weighted by atomic mass is 9.76. The molecule has 0 aliphatic heterocycles. The van der Waals surface area contributed by atoms with Crippen molar-refractivity contribution in [1.29, 1.82) is 0 Å². The van der Waals surface area contributed by atoms with Gasteiger partial charge in [0.1, 0.15) is 12.2 Å². The number of hydrogen-bond acceptors (Lipinski definition) is 6. The molecule has 28 heavy (non-hydrogen) atoms. The number of rotatable bonds is 9. The van der Waals surface area contributed by atoms with Crippen molar-refractivity contribution in [2.75, 3.05) is 41.3 Å². The zero-order chi connectivity index (χ0) is 20.5. The van der Waals surface area contributed by atoms with Crippen LogP contribution in [0.4, 0.5) is 0 Å². The summed E-state index contributed by atoms with van der Waals surface area (Å²) in [5.74, 6) is 0.146. The summed E-state index contributed by atoms with van der Waals surface area (Å²) in [7, 11) is 7.47. The summed E-state index contributed by atoms with van der Waals surface area (Å²) in [4.78, 5) is 28.7. The van der Waals surface area contributed by atoms with Gasteiger partial charge in [0.05, 0.1) is 13.1 Å². The summed E-state index contributed by atoms with van der Waals surface area (Å²) < 4.78 is 12.1. The Kier molecular flexibility index (Phi) is 9.72. The summed E-state index contributed by atoms with van der Waals surface area (Å²) in [6.07, 6.45) is 10.7. The Hall–Kier alpha value is -1.14. The molecule has 0 N–H and O–H groups in total. The molecule has 2 saturated carbocycles. The van der Waals surface area contributed by atoms with E-state index in [0.29, 0.717) is 11.8 Å². The van der Waals surface area contributed by atoms with Crippen LogP contribution in [0.3, 0.4) is 0 Å². The van der Waals surface area contributed by atoms with Gasteiger partial charge < -0.3 is 9.47 Å². The molecule has 2 atom stereocenters. The molecule has 0 aromatic carbocycles. The maximum atomic E-state index is 12.5. The molecule has 0 aromatic rings. The van der Waals surface area contributed by atoms with E-state index in [1.165, 1.54) is 12.8 Å². The fourth-order valence-electron chi connectivity index (χ4n) is 4.68. The van der Waals surface area contributed by atoms with Gasteiger partial charge in [-0.1, -0.05) is 38.5 Å². The van der Waals surface area contributed by atoms with Crippen LogP contribution in [-0.2, 0) is 19.1 Å². The van der Waals surface area contributed by atoms with Gasteiger partial charge in [-0.3, -0.25) is 19.4 Å². The van der Waals surface area contributed by atoms with E-state index in [-0.39, 0.29) is 37.2 Å². The third-order valence-electron chi connectivity index (χ3n) is 5.98. The van der Waals surface area contributed by atoms with Crippen LogP contribution >= 0.6 is 0 Å². The van der Waals surface area contributed by atoms with Crippen molar-refractivity contribution in [2.45, 2.75) is 76.4 Å². The molecule has 0 radical (unpaired) electrons. The Morgan fingerprint density at radius 3 is 1.29 bits per heavy atom. The summed E-state index contributed by atoms with van der Waals surface area (Å²) in [6, 6.07) is 0. The molecule has 0 aromatic heterocycles. The Morgan fingerprint density at radius 1 is 0.679 bits per heavy atom. The first-order valence-corrected chi connectivity index (χ1v) is 11.0. The molecule has 0 bridgehead atoms. The Bertz CT molecular complexity index is 439. The van der Waals surface area contributed by atoms with Crippen molar-refractivity contribution in [1.82, 2.24) is 9.80 Å². The van der Waals surface area contributed by atoms with E-state index in [9.17, 15) is 9.59 Å². The van der Waals surface area contributed by atoms with E-state index in [1.54, 1.807) is 0 Å². The zero-order valence-corrected chi connectivity index (χ0v) is 18.3. The number of esters is 2. The molecule has 0 heterocycles. The van der Waals surface area contributed by atoms with E-state index in [1.807, 2.05) is 38.0 Å². The van der Waals surface area contributed by atoms with E-state index >= 15 is 0 Å². The van der Waals surface area contributed by atoms with Gasteiger partial charge in [0, 0.05) is 0 Å². The molecule has 2 rings (SSSR count). The molecule has 0 unspecified atom stereocenters. The van der Waals surface area contributed by atoms with Crippen LogP contribution in [0.5, 0.6) is 0 Å². The third-order valence-corrected chi connectivity index (χ3v) is 5.98. The molecule has 2 fully saturated rings. The average Bonchev–Trinajstić information content (AvgIpc) is 2.65. The number of ether oxygens (including phenoxy) is 2. The monoisotopic (exact) mass is 396 g/mol. The topological polar surface area (TPSA) is 59.1 Å². The van der Waals surface area contributed by atoms with Crippen LogP contribution in [0.25, 0.3) is 0 Å². The van der Waals surface area contributed by atoms with Gasteiger partial charge in [-0.2, -0.15) is 0 Å². The lowest BCUT2D eigenvalue weighted by molar-refractivity contribution is -0.181. The first kappa shape index (κ1) is 23.1. The highest BCUT2D eigenvalue weighted by atomic mass is 16.6. The molecule has 162 valence electrons. The summed E-state index contributed by atoms with van der Waals surface area (Å²) in [5, 5.41) is 0. The fraction of sp³-hybridized carbons (Fsp3) is 0.909. The number of carbonyl (C=O) groups is 2. The maximum absolute atomic E-state index is 12.5. The van der Waals surface area contributed by atoms with Crippen LogP contribution in [0.2, 0.25) is 0 Å². The molecule has 6 nitrogen and oxygen atoms in total. The second-order valence-corrected chi connectivity index (χ2v) is 9.18. The molecular weight excluding hydrogens is 356 g/mol. The van der Waals surface area contributed by atoms with Crippen molar-refractivity contribution >= 4 is 11.9 Å². The van der Waals surface area contributed by atoms with Gasteiger partial charge in [-0.15, -0.1) is 0 Å². The van der Waals surface area contributed by atoms with Crippen LogP contribution in [0.1, 0.15) is 64.2 Å². The highest BCUT2D eigenvalue weighted by molar-refractivity contribution is 5.73. The summed E-state index contributed by atoms with van der Waals surface area (Å²) >= 11 is 0. The van der Waals surface area contributed by atoms with Gasteiger partial charge >= 0.3 is 11.9 Å². The molecule has 2 aliphatic rings. The minimum Gasteiger partial charge on any atom is -0.457 e. The van der Waals surface area contributed by atoms with Crippen LogP contribution < -0.4 is 0 Å². The second kappa shape index (κ2) is 11.8. The van der Waals surface area contributed by atoms with Crippen molar-refractivity contribution in [3.05, 3.63) is 0 Å². The highest BCUT2D eigenvalue weighted by Crippen LogP contribution is 2.37. The van der Waals surface area contributed by atoms with Crippen LogP contribution in [0, 0.1) is 11.8 Å². The van der Waals surface area contributed by atoms with E-state index in [0.717, 1.165) is 51.4 Å². The summed E-state index contributed by atoms with van der Waals surface area (Å²) in [5.41, 5.74) is 0. The number of carbonyl (C=O) groups excluding carboxylic acids is 2. The first-order chi connectivity index (χ1) is 13.4. The quantitative estimate of drug-likeness (QED) is 0.558. The predicted molar refractivity (Wildman–Crippen MR) is 110 cm³/mol. The lowest BCUT2D eigenvalue weighted by Gasteiger charge is -2.40. The standard InChI is InChI=1S/C22H40N2O4/c1-23(2)15-19(25)27-21(17-11-7-5-8-12-17)22(18-13-9-6-10-14-18)28-20(26)16-24(3)4/h17-18,21-22H,5-16H2,1-4H3/t21-,22-/m0/s1. The molecule has 6 heteroatoms. The molecule has 0 amide bonds. The van der Waals surface area contributed by atoms with Gasteiger partial charge in [0.15, 0.2) is 0 Å². The van der Waals surface area contributed by atoms with Crippen LogP contribution in [-0.4, -0.2) is 75.2 Å². The largest absolute Gasteiger partial charge is 0.457 e. The fourth-order valence-corrected chi connectivity index (χ4v) is 4.68. The van der Waals surface area contributed by atoms with Gasteiger partial charge in [-0.25, -0.2) is 0 Å². The van der Waals surface area contributed by atoms with Crippen molar-refractivity contribution in [3.63, 3.8) is 0 Å². The van der Waals surface area contributed by atoms with Crippen molar-refractivity contribution in [2.24, 2.45) is 11.8 Å². The SMILES string of the molecule is CN(C)CC(=O)O[C@@H](C1CCCCC1)[C@@H](OC(=O)CN(C)C)C1CCCCC1. The normalized spacial score (nSPS) is 21.5. The maximum Gasteiger partial charge on any atom is 0.320 e. The molecular formula is C22H40N2O4. The third kappa shape index (κ3) is 7.70. The van der Waals surface area contributed by atoms with Crippen molar-refractivity contribution < 1.29 is 19.1 Å². The highest BCUT2D eigenvalue weighted by Gasteiger charge is 2.41. The Morgan fingerprint density at radius 2 is 1.00 bits per heavy atom. The predicted octanol–water partition coefficient (Wildman–Crippen LogP) is 3.09. The number of nitrogens with zero attached hydrogens (tertiary/aromatic N) is 2. The Labute approximate surface area is 170 Å². The minimum atomic E-state index is -0.318. The van der Waals surface area contributed by atoms with Gasteiger partial charge in [0.2, 0.25) is 0 Å². The molecule has 2 aliphatic carbocycles. The van der Waals surface area contributed by atoms with E-state index < -0.39 is 0 Å². The zero-order valence-electron chi connectivity index (χ0n) is 18.3. The lowest BCUT2D eigenvalue weighted by Crippen LogP contribution is -2.47. The number of likely N-dealkylation sites (N-methyl/N-ethyl adjacent to an activating group) is 2. The molecule has 0 saturated heterocycles. The first-order valence-electron chi connectivity index (χ1n) is 11.0. The summed E-state index contributed by atoms with van der Waals surface area (Å²) in [6.45, 7) is 0.512. The Balaban J connectivity index is 2.20. The van der Waals surface area contributed by atoms with E-state index in [2.05, 4.69) is 0 Å². The van der Waals surface area contributed by atoms with Crippen LogP contribution in [0.15, 0.2) is 0 Å². The van der Waals surface area contributed by atoms with E-state index in [4.69, 9.17) is 9.47 Å². The minimum absolute atomic E-state index is 0.218. The second-order valence-electron chi connectivity index (χ2n) is 9.18.